The minimum atomic E-state index is -0.620. The Balaban J connectivity index is 1.70. The summed E-state index contributed by atoms with van der Waals surface area (Å²) in [5.74, 6) is -0.0480. The van der Waals surface area contributed by atoms with Crippen molar-refractivity contribution in [1.82, 2.24) is 10.3 Å². The van der Waals surface area contributed by atoms with Crippen molar-refractivity contribution in [2.24, 2.45) is 5.73 Å². The van der Waals surface area contributed by atoms with Gasteiger partial charge in [-0.1, -0.05) is 24.3 Å². The summed E-state index contributed by atoms with van der Waals surface area (Å²) in [4.78, 5) is 16.0. The second kappa shape index (κ2) is 5.30. The summed E-state index contributed by atoms with van der Waals surface area (Å²) in [6, 6.07) is 12.1. The Morgan fingerprint density at radius 2 is 1.71 bits per heavy atom. The number of hydrogen-bond acceptors (Lipinski definition) is 3. The van der Waals surface area contributed by atoms with Crippen LogP contribution in [0.2, 0.25) is 0 Å². The first-order valence-electron chi connectivity index (χ1n) is 7.19. The SMILES string of the molecule is CC(NC(=O)C1(N)CC1)c1ccc(-c2ccncc2)cc1. The van der Waals surface area contributed by atoms with Gasteiger partial charge in [-0.3, -0.25) is 9.78 Å². The largest absolute Gasteiger partial charge is 0.348 e. The summed E-state index contributed by atoms with van der Waals surface area (Å²) < 4.78 is 0. The van der Waals surface area contributed by atoms with Crippen LogP contribution < -0.4 is 11.1 Å². The van der Waals surface area contributed by atoms with E-state index in [2.05, 4.69) is 22.4 Å². The standard InChI is InChI=1S/C17H19N3O/c1-12(20-16(21)17(18)8-9-17)13-2-4-14(5-3-13)15-6-10-19-11-7-15/h2-7,10-12H,8-9,18H2,1H3,(H,20,21). The lowest BCUT2D eigenvalue weighted by Gasteiger charge is -2.17. The second-order valence-corrected chi connectivity index (χ2v) is 5.71. The minimum absolute atomic E-state index is 0.0370. The van der Waals surface area contributed by atoms with Gasteiger partial charge in [0.25, 0.3) is 0 Å². The third kappa shape index (κ3) is 2.95. The summed E-state index contributed by atoms with van der Waals surface area (Å²) in [5, 5.41) is 2.98. The van der Waals surface area contributed by atoms with E-state index >= 15 is 0 Å². The molecule has 1 atom stereocenters. The second-order valence-electron chi connectivity index (χ2n) is 5.71. The number of nitrogens with one attached hydrogen (secondary N) is 1. The van der Waals surface area contributed by atoms with Crippen LogP contribution >= 0.6 is 0 Å². The Labute approximate surface area is 124 Å². The van der Waals surface area contributed by atoms with E-state index in [1.807, 2.05) is 31.2 Å². The fraction of sp³-hybridized carbons (Fsp3) is 0.294. The van der Waals surface area contributed by atoms with Crippen LogP contribution in [0.1, 0.15) is 31.4 Å². The maximum Gasteiger partial charge on any atom is 0.240 e. The van der Waals surface area contributed by atoms with Crippen molar-refractivity contribution in [1.29, 1.82) is 0 Å². The highest BCUT2D eigenvalue weighted by molar-refractivity contribution is 5.89. The Bertz CT molecular complexity index is 633. The van der Waals surface area contributed by atoms with E-state index in [1.165, 1.54) is 0 Å². The molecule has 3 rings (SSSR count). The van der Waals surface area contributed by atoms with E-state index in [4.69, 9.17) is 5.73 Å². The van der Waals surface area contributed by atoms with Gasteiger partial charge in [-0.15, -0.1) is 0 Å². The quantitative estimate of drug-likeness (QED) is 0.904. The van der Waals surface area contributed by atoms with Gasteiger partial charge in [-0.05, 0) is 48.6 Å². The number of nitrogens with two attached hydrogens (primary N) is 1. The van der Waals surface area contributed by atoms with Crippen LogP contribution in [0.25, 0.3) is 11.1 Å². The average Bonchev–Trinajstić information content (AvgIpc) is 3.27. The molecule has 1 aromatic heterocycles. The van der Waals surface area contributed by atoms with Crippen LogP contribution in [-0.4, -0.2) is 16.4 Å². The van der Waals surface area contributed by atoms with Gasteiger partial charge in [0.05, 0.1) is 11.6 Å². The average molecular weight is 281 g/mol. The molecule has 108 valence electrons. The maximum absolute atomic E-state index is 12.0. The lowest BCUT2D eigenvalue weighted by molar-refractivity contribution is -0.123. The maximum atomic E-state index is 12.0. The van der Waals surface area contributed by atoms with E-state index in [1.54, 1.807) is 12.4 Å². The fourth-order valence-electron chi connectivity index (χ4n) is 2.29. The molecule has 2 aromatic rings. The number of nitrogens with zero attached hydrogens (tertiary/aromatic N) is 1. The molecule has 0 saturated heterocycles. The van der Waals surface area contributed by atoms with Crippen LogP contribution in [-0.2, 0) is 4.79 Å². The van der Waals surface area contributed by atoms with Crippen molar-refractivity contribution < 1.29 is 4.79 Å². The Hall–Kier alpha value is -2.20. The molecule has 0 aliphatic heterocycles. The molecule has 1 fully saturated rings. The molecule has 4 nitrogen and oxygen atoms in total. The molecule has 0 radical (unpaired) electrons. The first-order valence-corrected chi connectivity index (χ1v) is 7.19. The van der Waals surface area contributed by atoms with Gasteiger partial charge >= 0.3 is 0 Å². The summed E-state index contributed by atoms with van der Waals surface area (Å²) in [7, 11) is 0. The summed E-state index contributed by atoms with van der Waals surface area (Å²) in [6.07, 6.45) is 5.13. The van der Waals surface area contributed by atoms with Crippen LogP contribution in [0.5, 0.6) is 0 Å². The molecule has 0 spiro atoms. The molecule has 1 amide bonds. The molecule has 21 heavy (non-hydrogen) atoms. The van der Waals surface area contributed by atoms with Crippen molar-refractivity contribution in [3.8, 4) is 11.1 Å². The molecule has 1 aromatic carbocycles. The lowest BCUT2D eigenvalue weighted by atomic mass is 10.0. The minimum Gasteiger partial charge on any atom is -0.348 e. The first-order chi connectivity index (χ1) is 10.1. The summed E-state index contributed by atoms with van der Waals surface area (Å²) in [6.45, 7) is 1.98. The lowest BCUT2D eigenvalue weighted by Crippen LogP contribution is -2.43. The normalized spacial score (nSPS) is 17.0. The van der Waals surface area contributed by atoms with Crippen LogP contribution in [0.15, 0.2) is 48.8 Å². The molecule has 1 aliphatic rings. The van der Waals surface area contributed by atoms with E-state index in [9.17, 15) is 4.79 Å². The van der Waals surface area contributed by atoms with Crippen molar-refractivity contribution in [2.75, 3.05) is 0 Å². The molecule has 4 heteroatoms. The zero-order chi connectivity index (χ0) is 14.9. The smallest absolute Gasteiger partial charge is 0.240 e. The molecule has 1 saturated carbocycles. The fourth-order valence-corrected chi connectivity index (χ4v) is 2.29. The predicted molar refractivity (Wildman–Crippen MR) is 82.4 cm³/mol. The number of rotatable bonds is 4. The summed E-state index contributed by atoms with van der Waals surface area (Å²) >= 11 is 0. The van der Waals surface area contributed by atoms with E-state index in [0.29, 0.717) is 0 Å². The van der Waals surface area contributed by atoms with Crippen LogP contribution in [0, 0.1) is 0 Å². The number of benzene rings is 1. The van der Waals surface area contributed by atoms with Gasteiger partial charge in [0.2, 0.25) is 5.91 Å². The number of pyridine rings is 1. The third-order valence-corrected chi connectivity index (χ3v) is 4.01. The zero-order valence-corrected chi connectivity index (χ0v) is 12.0. The third-order valence-electron chi connectivity index (χ3n) is 4.01. The van der Waals surface area contributed by atoms with Gasteiger partial charge in [0.15, 0.2) is 0 Å². The van der Waals surface area contributed by atoms with Crippen LogP contribution in [0.4, 0.5) is 0 Å². The van der Waals surface area contributed by atoms with Gasteiger partial charge < -0.3 is 11.1 Å². The van der Waals surface area contributed by atoms with Crippen molar-refractivity contribution >= 4 is 5.91 Å². The van der Waals surface area contributed by atoms with Gasteiger partial charge in [0.1, 0.15) is 0 Å². The topological polar surface area (TPSA) is 68.0 Å². The highest BCUT2D eigenvalue weighted by atomic mass is 16.2. The van der Waals surface area contributed by atoms with Gasteiger partial charge in [-0.2, -0.15) is 0 Å². The highest BCUT2D eigenvalue weighted by Gasteiger charge is 2.46. The Morgan fingerprint density at radius 3 is 2.29 bits per heavy atom. The molecular weight excluding hydrogens is 262 g/mol. The number of carbonyl (C=O) groups excluding carboxylic acids is 1. The number of amides is 1. The van der Waals surface area contributed by atoms with Crippen LogP contribution in [0.3, 0.4) is 0 Å². The number of carbonyl (C=O) groups is 1. The Kier molecular flexibility index (Phi) is 3.47. The highest BCUT2D eigenvalue weighted by Crippen LogP contribution is 2.33. The van der Waals surface area contributed by atoms with E-state index in [-0.39, 0.29) is 11.9 Å². The summed E-state index contributed by atoms with van der Waals surface area (Å²) in [5.41, 5.74) is 8.62. The van der Waals surface area contributed by atoms with Gasteiger partial charge in [-0.25, -0.2) is 0 Å². The van der Waals surface area contributed by atoms with Crippen molar-refractivity contribution in [3.63, 3.8) is 0 Å². The van der Waals surface area contributed by atoms with Gasteiger partial charge in [0, 0.05) is 12.4 Å². The molecule has 1 heterocycles. The molecule has 0 bridgehead atoms. The monoisotopic (exact) mass is 281 g/mol. The predicted octanol–water partition coefficient (Wildman–Crippen LogP) is 2.42. The molecule has 1 unspecified atom stereocenters. The molecule has 1 aliphatic carbocycles. The Morgan fingerprint density at radius 1 is 1.14 bits per heavy atom. The number of hydrogen-bond donors (Lipinski definition) is 2. The van der Waals surface area contributed by atoms with E-state index < -0.39 is 5.54 Å². The number of aromatic nitrogens is 1. The molecular formula is C17H19N3O. The first kappa shape index (κ1) is 13.8. The van der Waals surface area contributed by atoms with E-state index in [0.717, 1.165) is 29.5 Å². The van der Waals surface area contributed by atoms with Crippen molar-refractivity contribution in [3.05, 3.63) is 54.4 Å². The zero-order valence-electron chi connectivity index (χ0n) is 12.0. The van der Waals surface area contributed by atoms with Crippen molar-refractivity contribution in [2.45, 2.75) is 31.3 Å². The molecule has 3 N–H and O–H groups in total.